The van der Waals surface area contributed by atoms with Gasteiger partial charge in [-0.2, -0.15) is 5.26 Å². The number of rotatable bonds is 8. The zero-order chi connectivity index (χ0) is 12.6. The van der Waals surface area contributed by atoms with Crippen molar-refractivity contribution in [3.05, 3.63) is 0 Å². The molecule has 1 N–H and O–H groups in total. The molecule has 0 bridgehead atoms. The lowest BCUT2D eigenvalue weighted by molar-refractivity contribution is -0.148. The Morgan fingerprint density at radius 3 is 2.56 bits per heavy atom. The van der Waals surface area contributed by atoms with Crippen LogP contribution in [-0.2, 0) is 9.53 Å². The molecule has 0 aromatic rings. The molecule has 0 aliphatic rings. The molecule has 0 aromatic heterocycles. The normalized spacial score (nSPS) is 11.4. The summed E-state index contributed by atoms with van der Waals surface area (Å²) in [5.74, 6) is -0.827. The number of nitriles is 1. The first-order valence-electron chi connectivity index (χ1n) is 5.25. The molecule has 5 nitrogen and oxygen atoms in total. The lowest BCUT2D eigenvalue weighted by Crippen LogP contribution is -2.41. The maximum atomic E-state index is 11.0. The van der Waals surface area contributed by atoms with E-state index in [0.717, 1.165) is 0 Å². The van der Waals surface area contributed by atoms with E-state index >= 15 is 0 Å². The maximum absolute atomic E-state index is 11.0. The van der Waals surface area contributed by atoms with E-state index in [1.807, 2.05) is 4.90 Å². The third-order valence-electron chi connectivity index (χ3n) is 2.35. The Kier molecular flexibility index (Phi) is 6.70. The van der Waals surface area contributed by atoms with Crippen LogP contribution < -0.4 is 0 Å². The molecule has 0 atom stereocenters. The minimum Gasteiger partial charge on any atom is -0.481 e. The standard InChI is InChI=1S/C11H20N2O3/c1-11(2,10(14)15)9-13(6-4-5-12)7-8-16-3/h4,6-9H2,1-3H3,(H,14,15). The third-order valence-corrected chi connectivity index (χ3v) is 2.35. The molecule has 0 aromatic carbocycles. The van der Waals surface area contributed by atoms with Crippen LogP contribution in [0.1, 0.15) is 20.3 Å². The van der Waals surface area contributed by atoms with E-state index in [1.54, 1.807) is 21.0 Å². The van der Waals surface area contributed by atoms with E-state index in [4.69, 9.17) is 15.1 Å². The van der Waals surface area contributed by atoms with Crippen LogP contribution in [0.4, 0.5) is 0 Å². The second kappa shape index (κ2) is 7.20. The number of nitrogens with zero attached hydrogens (tertiary/aromatic N) is 2. The second-order valence-electron chi connectivity index (χ2n) is 4.37. The summed E-state index contributed by atoms with van der Waals surface area (Å²) < 4.78 is 4.96. The fourth-order valence-electron chi connectivity index (χ4n) is 1.33. The van der Waals surface area contributed by atoms with Crippen molar-refractivity contribution < 1.29 is 14.6 Å². The topological polar surface area (TPSA) is 73.6 Å². The van der Waals surface area contributed by atoms with Crippen molar-refractivity contribution in [2.75, 3.05) is 33.4 Å². The number of carbonyl (C=O) groups is 1. The quantitative estimate of drug-likeness (QED) is 0.669. The summed E-state index contributed by atoms with van der Waals surface area (Å²) in [6.07, 6.45) is 0.402. The molecule has 0 spiro atoms. The monoisotopic (exact) mass is 228 g/mol. The highest BCUT2D eigenvalue weighted by molar-refractivity contribution is 5.73. The van der Waals surface area contributed by atoms with Crippen LogP contribution in [0.3, 0.4) is 0 Å². The van der Waals surface area contributed by atoms with E-state index in [-0.39, 0.29) is 0 Å². The molecule has 0 aliphatic heterocycles. The molecule has 0 saturated carbocycles. The lowest BCUT2D eigenvalue weighted by Gasteiger charge is -2.28. The Hall–Kier alpha value is -1.12. The summed E-state index contributed by atoms with van der Waals surface area (Å²) in [6.45, 7) is 5.56. The van der Waals surface area contributed by atoms with Gasteiger partial charge in [0.2, 0.25) is 0 Å². The van der Waals surface area contributed by atoms with Crippen molar-refractivity contribution >= 4 is 5.97 Å². The summed E-state index contributed by atoms with van der Waals surface area (Å²) in [7, 11) is 1.60. The molecule has 0 heterocycles. The fourth-order valence-corrected chi connectivity index (χ4v) is 1.33. The number of methoxy groups -OCH3 is 1. The lowest BCUT2D eigenvalue weighted by atomic mass is 9.93. The molecule has 0 saturated heterocycles. The van der Waals surface area contributed by atoms with Gasteiger partial charge < -0.3 is 9.84 Å². The summed E-state index contributed by atoms with van der Waals surface area (Å²) >= 11 is 0. The highest BCUT2D eigenvalue weighted by Gasteiger charge is 2.29. The van der Waals surface area contributed by atoms with Crippen molar-refractivity contribution in [2.45, 2.75) is 20.3 Å². The fraction of sp³-hybridized carbons (Fsp3) is 0.818. The van der Waals surface area contributed by atoms with Crippen LogP contribution in [0, 0.1) is 16.7 Å². The first-order valence-corrected chi connectivity index (χ1v) is 5.25. The zero-order valence-electron chi connectivity index (χ0n) is 10.2. The van der Waals surface area contributed by atoms with Crippen molar-refractivity contribution in [1.29, 1.82) is 5.26 Å². The van der Waals surface area contributed by atoms with Gasteiger partial charge in [0.1, 0.15) is 0 Å². The first kappa shape index (κ1) is 14.9. The zero-order valence-corrected chi connectivity index (χ0v) is 10.2. The summed E-state index contributed by atoms with van der Waals surface area (Å²) in [5.41, 5.74) is -0.802. The number of carboxylic acids is 1. The summed E-state index contributed by atoms with van der Waals surface area (Å²) in [5, 5.41) is 17.5. The molecule has 0 unspecified atom stereocenters. The minimum atomic E-state index is -0.827. The van der Waals surface area contributed by atoms with Gasteiger partial charge in [0.25, 0.3) is 0 Å². The van der Waals surface area contributed by atoms with Crippen molar-refractivity contribution in [3.8, 4) is 6.07 Å². The highest BCUT2D eigenvalue weighted by Crippen LogP contribution is 2.17. The van der Waals surface area contributed by atoms with E-state index < -0.39 is 11.4 Å². The average Bonchev–Trinajstić information content (AvgIpc) is 2.21. The number of ether oxygens (including phenoxy) is 1. The molecular formula is C11H20N2O3. The van der Waals surface area contributed by atoms with Gasteiger partial charge in [-0.1, -0.05) is 0 Å². The van der Waals surface area contributed by atoms with Crippen molar-refractivity contribution in [2.24, 2.45) is 5.41 Å². The predicted octanol–water partition coefficient (Wildman–Crippen LogP) is 0.959. The van der Waals surface area contributed by atoms with Gasteiger partial charge in [-0.15, -0.1) is 0 Å². The Bertz CT molecular complexity index is 258. The average molecular weight is 228 g/mol. The maximum Gasteiger partial charge on any atom is 0.310 e. The Morgan fingerprint density at radius 1 is 1.50 bits per heavy atom. The Morgan fingerprint density at radius 2 is 2.12 bits per heavy atom. The van der Waals surface area contributed by atoms with Gasteiger partial charge in [-0.05, 0) is 13.8 Å². The molecule has 0 aliphatic carbocycles. The number of hydrogen-bond acceptors (Lipinski definition) is 4. The SMILES string of the molecule is COCCN(CCC#N)CC(C)(C)C(=O)O. The smallest absolute Gasteiger partial charge is 0.310 e. The van der Waals surface area contributed by atoms with Crippen LogP contribution in [-0.4, -0.2) is 49.3 Å². The molecule has 0 fully saturated rings. The molecule has 0 rings (SSSR count). The molecule has 0 radical (unpaired) electrons. The summed E-state index contributed by atoms with van der Waals surface area (Å²) in [4.78, 5) is 12.9. The molecule has 92 valence electrons. The van der Waals surface area contributed by atoms with Crippen molar-refractivity contribution in [1.82, 2.24) is 4.90 Å². The Labute approximate surface area is 96.6 Å². The van der Waals surface area contributed by atoms with Gasteiger partial charge in [0.15, 0.2) is 0 Å². The van der Waals surface area contributed by atoms with Gasteiger partial charge in [-0.25, -0.2) is 0 Å². The first-order chi connectivity index (χ1) is 7.44. The number of carboxylic acid groups (broad SMARTS) is 1. The van der Waals surface area contributed by atoms with Crippen LogP contribution in [0.5, 0.6) is 0 Å². The van der Waals surface area contributed by atoms with Crippen LogP contribution in [0.15, 0.2) is 0 Å². The van der Waals surface area contributed by atoms with Crippen molar-refractivity contribution in [3.63, 3.8) is 0 Å². The van der Waals surface area contributed by atoms with Gasteiger partial charge in [0, 0.05) is 33.2 Å². The van der Waals surface area contributed by atoms with Gasteiger partial charge in [-0.3, -0.25) is 9.69 Å². The third kappa shape index (κ3) is 5.69. The number of hydrogen-bond donors (Lipinski definition) is 1. The predicted molar refractivity (Wildman–Crippen MR) is 60.0 cm³/mol. The van der Waals surface area contributed by atoms with Crippen LogP contribution in [0.25, 0.3) is 0 Å². The second-order valence-corrected chi connectivity index (χ2v) is 4.37. The molecular weight excluding hydrogens is 208 g/mol. The van der Waals surface area contributed by atoms with E-state index in [0.29, 0.717) is 32.7 Å². The minimum absolute atomic E-state index is 0.402. The summed E-state index contributed by atoms with van der Waals surface area (Å²) in [6, 6.07) is 2.06. The molecule has 5 heteroatoms. The number of aliphatic carboxylic acids is 1. The van der Waals surface area contributed by atoms with Crippen LogP contribution >= 0.6 is 0 Å². The largest absolute Gasteiger partial charge is 0.481 e. The van der Waals surface area contributed by atoms with E-state index in [2.05, 4.69) is 6.07 Å². The van der Waals surface area contributed by atoms with E-state index in [9.17, 15) is 4.79 Å². The van der Waals surface area contributed by atoms with Gasteiger partial charge in [0.05, 0.1) is 18.1 Å². The van der Waals surface area contributed by atoms with Gasteiger partial charge >= 0.3 is 5.97 Å². The molecule has 0 amide bonds. The Balaban J connectivity index is 4.29. The highest BCUT2D eigenvalue weighted by atomic mass is 16.5. The molecule has 16 heavy (non-hydrogen) atoms. The van der Waals surface area contributed by atoms with Crippen LogP contribution in [0.2, 0.25) is 0 Å². The van der Waals surface area contributed by atoms with E-state index in [1.165, 1.54) is 0 Å².